The number of hydrogen-bond acceptors (Lipinski definition) is 4. The predicted octanol–water partition coefficient (Wildman–Crippen LogP) is 4.38. The van der Waals surface area contributed by atoms with Gasteiger partial charge in [-0.25, -0.2) is 4.98 Å². The van der Waals surface area contributed by atoms with E-state index in [4.69, 9.17) is 10.5 Å². The van der Waals surface area contributed by atoms with Crippen molar-refractivity contribution < 1.29 is 4.74 Å². The molecule has 0 aliphatic heterocycles. The summed E-state index contributed by atoms with van der Waals surface area (Å²) in [5.41, 5.74) is 6.59. The maximum Gasteiger partial charge on any atom is 0.227 e. The summed E-state index contributed by atoms with van der Waals surface area (Å²) in [6.45, 7) is 3.64. The Labute approximate surface area is 131 Å². The third-order valence-electron chi connectivity index (χ3n) is 3.24. The van der Waals surface area contributed by atoms with Gasteiger partial charge in [0.2, 0.25) is 5.88 Å². The summed E-state index contributed by atoms with van der Waals surface area (Å²) in [5, 5.41) is 2.25. The van der Waals surface area contributed by atoms with Crippen LogP contribution in [0.4, 0.5) is 5.82 Å². The molecule has 0 unspecified atom stereocenters. The molecule has 106 valence electrons. The molecular formula is C16H14BrN3O. The molecule has 0 saturated heterocycles. The molecule has 21 heavy (non-hydrogen) atoms. The van der Waals surface area contributed by atoms with Gasteiger partial charge in [-0.3, -0.25) is 0 Å². The van der Waals surface area contributed by atoms with Crippen molar-refractivity contribution in [3.05, 3.63) is 52.3 Å². The van der Waals surface area contributed by atoms with E-state index in [1.165, 1.54) is 0 Å². The Hall–Kier alpha value is -2.14. The summed E-state index contributed by atoms with van der Waals surface area (Å²) in [6.07, 6.45) is 0. The Morgan fingerprint density at radius 2 is 1.71 bits per heavy atom. The van der Waals surface area contributed by atoms with Crippen molar-refractivity contribution in [2.45, 2.75) is 13.8 Å². The molecule has 1 aromatic heterocycles. The zero-order valence-electron chi connectivity index (χ0n) is 11.7. The minimum Gasteiger partial charge on any atom is -0.439 e. The van der Waals surface area contributed by atoms with Crippen molar-refractivity contribution in [1.82, 2.24) is 9.97 Å². The number of nitrogen functional groups attached to an aromatic ring is 1. The number of rotatable bonds is 2. The van der Waals surface area contributed by atoms with Crippen molar-refractivity contribution in [1.29, 1.82) is 0 Å². The van der Waals surface area contributed by atoms with E-state index >= 15 is 0 Å². The molecule has 0 fully saturated rings. The van der Waals surface area contributed by atoms with E-state index in [1.54, 1.807) is 6.92 Å². The smallest absolute Gasteiger partial charge is 0.227 e. The Balaban J connectivity index is 2.00. The zero-order valence-corrected chi connectivity index (χ0v) is 13.3. The average molecular weight is 344 g/mol. The lowest BCUT2D eigenvalue weighted by molar-refractivity contribution is 0.457. The highest BCUT2D eigenvalue weighted by Gasteiger charge is 2.09. The quantitative estimate of drug-likeness (QED) is 0.749. The molecule has 3 aromatic rings. The third kappa shape index (κ3) is 2.83. The largest absolute Gasteiger partial charge is 0.439 e. The van der Waals surface area contributed by atoms with E-state index in [2.05, 4.69) is 32.0 Å². The molecule has 5 heteroatoms. The van der Waals surface area contributed by atoms with Gasteiger partial charge in [0, 0.05) is 4.47 Å². The number of aryl methyl sites for hydroxylation is 1. The molecule has 0 saturated carbocycles. The lowest BCUT2D eigenvalue weighted by atomic mass is 10.1. The molecule has 0 aliphatic carbocycles. The van der Waals surface area contributed by atoms with E-state index in [0.29, 0.717) is 17.5 Å². The van der Waals surface area contributed by atoms with Crippen LogP contribution in [-0.4, -0.2) is 9.97 Å². The first-order valence-electron chi connectivity index (χ1n) is 6.51. The highest BCUT2D eigenvalue weighted by Crippen LogP contribution is 2.29. The number of anilines is 1. The summed E-state index contributed by atoms with van der Waals surface area (Å²) in [5.74, 6) is 2.27. The molecular weight excluding hydrogens is 330 g/mol. The summed E-state index contributed by atoms with van der Waals surface area (Å²) < 4.78 is 6.92. The van der Waals surface area contributed by atoms with Gasteiger partial charge >= 0.3 is 0 Å². The van der Waals surface area contributed by atoms with Gasteiger partial charge < -0.3 is 10.5 Å². The zero-order chi connectivity index (χ0) is 15.0. The highest BCUT2D eigenvalue weighted by atomic mass is 79.9. The number of hydrogen-bond donors (Lipinski definition) is 1. The van der Waals surface area contributed by atoms with E-state index in [9.17, 15) is 0 Å². The van der Waals surface area contributed by atoms with Gasteiger partial charge in [0.15, 0.2) is 0 Å². The fourth-order valence-corrected chi connectivity index (χ4v) is 2.47. The number of halogens is 1. The predicted molar refractivity (Wildman–Crippen MR) is 87.6 cm³/mol. The number of ether oxygens (including phenoxy) is 1. The molecule has 0 amide bonds. The van der Waals surface area contributed by atoms with Crippen molar-refractivity contribution in [3.63, 3.8) is 0 Å². The van der Waals surface area contributed by atoms with Gasteiger partial charge in [-0.15, -0.1) is 0 Å². The maximum absolute atomic E-state index is 5.87. The minimum atomic E-state index is 0.446. The maximum atomic E-state index is 5.87. The van der Waals surface area contributed by atoms with Crippen LogP contribution < -0.4 is 10.5 Å². The molecule has 0 radical (unpaired) electrons. The fourth-order valence-electron chi connectivity index (χ4n) is 2.09. The molecule has 0 bridgehead atoms. The van der Waals surface area contributed by atoms with Crippen LogP contribution in [0.1, 0.15) is 11.4 Å². The van der Waals surface area contributed by atoms with Crippen molar-refractivity contribution in [2.75, 3.05) is 5.73 Å². The lowest BCUT2D eigenvalue weighted by Crippen LogP contribution is -2.02. The molecule has 0 spiro atoms. The Morgan fingerprint density at radius 3 is 2.52 bits per heavy atom. The highest BCUT2D eigenvalue weighted by molar-refractivity contribution is 9.10. The summed E-state index contributed by atoms with van der Waals surface area (Å²) in [6, 6.07) is 12.0. The number of benzene rings is 2. The van der Waals surface area contributed by atoms with Crippen LogP contribution in [0.25, 0.3) is 10.8 Å². The normalized spacial score (nSPS) is 10.8. The summed E-state index contributed by atoms with van der Waals surface area (Å²) in [4.78, 5) is 8.42. The second kappa shape index (κ2) is 5.33. The van der Waals surface area contributed by atoms with Crippen molar-refractivity contribution in [2.24, 2.45) is 0 Å². The van der Waals surface area contributed by atoms with Gasteiger partial charge in [0.25, 0.3) is 0 Å². The van der Waals surface area contributed by atoms with Gasteiger partial charge in [-0.05, 0) is 48.9 Å². The molecule has 0 atom stereocenters. The van der Waals surface area contributed by atoms with Crippen LogP contribution in [-0.2, 0) is 0 Å². The second-order valence-electron chi connectivity index (χ2n) is 4.84. The van der Waals surface area contributed by atoms with Gasteiger partial charge in [-0.2, -0.15) is 4.98 Å². The number of nitrogens with zero attached hydrogens (tertiary/aromatic N) is 2. The van der Waals surface area contributed by atoms with Crippen LogP contribution in [0.2, 0.25) is 0 Å². The standard InChI is InChI=1S/C16H14BrN3O/c1-9-15(18)19-10(2)20-16(9)21-14-6-4-11-7-13(17)5-3-12(11)8-14/h3-8H,1-2H3,(H2,18,19,20). The fraction of sp³-hybridized carbons (Fsp3) is 0.125. The van der Waals surface area contributed by atoms with Crippen LogP contribution in [0.15, 0.2) is 40.9 Å². The monoisotopic (exact) mass is 343 g/mol. The summed E-state index contributed by atoms with van der Waals surface area (Å²) in [7, 11) is 0. The number of nitrogens with two attached hydrogens (primary N) is 1. The Morgan fingerprint density at radius 1 is 1.00 bits per heavy atom. The number of fused-ring (bicyclic) bond motifs is 1. The van der Waals surface area contributed by atoms with E-state index in [-0.39, 0.29) is 0 Å². The van der Waals surface area contributed by atoms with E-state index in [1.807, 2.05) is 37.3 Å². The lowest BCUT2D eigenvalue weighted by Gasteiger charge is -2.10. The third-order valence-corrected chi connectivity index (χ3v) is 3.73. The molecule has 2 N–H and O–H groups in total. The molecule has 3 rings (SSSR count). The van der Waals surface area contributed by atoms with Gasteiger partial charge in [0.1, 0.15) is 17.4 Å². The average Bonchev–Trinajstić information content (AvgIpc) is 2.44. The van der Waals surface area contributed by atoms with Crippen LogP contribution in [0.5, 0.6) is 11.6 Å². The SMILES string of the molecule is Cc1nc(N)c(C)c(Oc2ccc3cc(Br)ccc3c2)n1. The van der Waals surface area contributed by atoms with Crippen LogP contribution >= 0.6 is 15.9 Å². The molecule has 4 nitrogen and oxygen atoms in total. The Bertz CT molecular complexity index is 833. The first kappa shape index (κ1) is 13.8. The molecule has 0 aliphatic rings. The number of aromatic nitrogens is 2. The minimum absolute atomic E-state index is 0.446. The van der Waals surface area contributed by atoms with Crippen molar-refractivity contribution >= 4 is 32.5 Å². The first-order valence-corrected chi connectivity index (χ1v) is 7.30. The van der Waals surface area contributed by atoms with Crippen molar-refractivity contribution in [3.8, 4) is 11.6 Å². The van der Waals surface area contributed by atoms with E-state index < -0.39 is 0 Å². The van der Waals surface area contributed by atoms with Gasteiger partial charge in [-0.1, -0.05) is 28.1 Å². The van der Waals surface area contributed by atoms with Crippen LogP contribution in [0, 0.1) is 13.8 Å². The first-order chi connectivity index (χ1) is 10.0. The van der Waals surface area contributed by atoms with Gasteiger partial charge in [0.05, 0.1) is 5.56 Å². The topological polar surface area (TPSA) is 61.0 Å². The van der Waals surface area contributed by atoms with E-state index in [0.717, 1.165) is 26.6 Å². The Kier molecular flexibility index (Phi) is 3.51. The molecule has 2 aromatic carbocycles. The molecule has 1 heterocycles. The summed E-state index contributed by atoms with van der Waals surface area (Å²) >= 11 is 3.47. The van der Waals surface area contributed by atoms with Crippen LogP contribution in [0.3, 0.4) is 0 Å². The second-order valence-corrected chi connectivity index (χ2v) is 5.76.